The lowest BCUT2D eigenvalue weighted by molar-refractivity contribution is -0.123. The number of anilines is 2. The Labute approximate surface area is 204 Å². The van der Waals surface area contributed by atoms with E-state index in [4.69, 9.17) is 4.74 Å². The van der Waals surface area contributed by atoms with Crippen LogP contribution >= 0.6 is 0 Å². The molecule has 2 atom stereocenters. The smallest absolute Gasteiger partial charge is 0.244 e. The highest BCUT2D eigenvalue weighted by molar-refractivity contribution is 6.11. The van der Waals surface area contributed by atoms with Crippen molar-refractivity contribution in [2.24, 2.45) is 0 Å². The first-order valence-corrected chi connectivity index (χ1v) is 11.7. The number of aromatic amines is 1. The van der Waals surface area contributed by atoms with Gasteiger partial charge in [0.1, 0.15) is 12.3 Å². The van der Waals surface area contributed by atoms with E-state index in [-0.39, 0.29) is 24.3 Å². The lowest BCUT2D eigenvalue weighted by atomic mass is 9.90. The van der Waals surface area contributed by atoms with Crippen molar-refractivity contribution in [1.82, 2.24) is 10.3 Å². The topological polar surface area (TPSA) is 86.5 Å². The van der Waals surface area contributed by atoms with E-state index in [1.165, 1.54) is 0 Å². The summed E-state index contributed by atoms with van der Waals surface area (Å²) < 4.78 is 5.34. The van der Waals surface area contributed by atoms with Crippen molar-refractivity contribution in [3.05, 3.63) is 90.1 Å². The average Bonchev–Trinajstić information content (AvgIpc) is 3.32. The van der Waals surface area contributed by atoms with Crippen molar-refractivity contribution < 1.29 is 14.3 Å². The molecule has 7 nitrogen and oxygen atoms in total. The molecule has 0 aliphatic carbocycles. The maximum absolute atomic E-state index is 13.4. The Morgan fingerprint density at radius 3 is 2.60 bits per heavy atom. The fourth-order valence-electron chi connectivity index (χ4n) is 4.67. The summed E-state index contributed by atoms with van der Waals surface area (Å²) in [5.74, 6) is 0.466. The fourth-order valence-corrected chi connectivity index (χ4v) is 4.67. The van der Waals surface area contributed by atoms with E-state index in [2.05, 4.69) is 39.9 Å². The molecule has 178 valence electrons. The second kappa shape index (κ2) is 9.64. The van der Waals surface area contributed by atoms with Crippen molar-refractivity contribution >= 4 is 34.1 Å². The molecule has 7 heteroatoms. The molecule has 3 aromatic carbocycles. The predicted molar refractivity (Wildman–Crippen MR) is 138 cm³/mol. The molecule has 35 heavy (non-hydrogen) atoms. The summed E-state index contributed by atoms with van der Waals surface area (Å²) in [6, 6.07) is 23.1. The third-order valence-corrected chi connectivity index (χ3v) is 6.55. The summed E-state index contributed by atoms with van der Waals surface area (Å²) in [5, 5.41) is 7.42. The first-order valence-electron chi connectivity index (χ1n) is 11.7. The molecule has 5 rings (SSSR count). The van der Waals surface area contributed by atoms with Crippen LogP contribution < -0.4 is 20.3 Å². The van der Waals surface area contributed by atoms with Gasteiger partial charge in [-0.15, -0.1) is 0 Å². The number of amides is 2. The maximum Gasteiger partial charge on any atom is 0.244 e. The minimum atomic E-state index is -0.486. The Bertz CT molecular complexity index is 1360. The number of aromatic nitrogens is 1. The standard InChI is InChI=1S/C28H28N4O3/c1-18(28(34)32-17-27(33)31-25-9-5-6-10-26(25)32)29-15-22(19-11-13-20(35-2)14-12-19)23-16-30-24-8-4-3-7-21(23)24/h3-14,16,18,22,29-30H,15,17H2,1-2H3,(H,31,33)/t18-,22+/m0/s1. The van der Waals surface area contributed by atoms with E-state index >= 15 is 0 Å². The number of hydrogen-bond donors (Lipinski definition) is 3. The molecule has 3 N–H and O–H groups in total. The number of rotatable bonds is 7. The minimum Gasteiger partial charge on any atom is -0.497 e. The first kappa shape index (κ1) is 22.7. The number of fused-ring (bicyclic) bond motifs is 2. The molecule has 0 unspecified atom stereocenters. The molecule has 0 saturated heterocycles. The summed E-state index contributed by atoms with van der Waals surface area (Å²) in [4.78, 5) is 30.5. The van der Waals surface area contributed by atoms with E-state index in [1.807, 2.05) is 61.7 Å². The van der Waals surface area contributed by atoms with Crippen LogP contribution in [0.25, 0.3) is 10.9 Å². The second-order valence-electron chi connectivity index (χ2n) is 8.73. The summed E-state index contributed by atoms with van der Waals surface area (Å²) in [7, 11) is 1.65. The zero-order valence-electron chi connectivity index (χ0n) is 19.7. The van der Waals surface area contributed by atoms with Crippen LogP contribution in [-0.2, 0) is 9.59 Å². The van der Waals surface area contributed by atoms with Crippen molar-refractivity contribution in [3.63, 3.8) is 0 Å². The molecule has 4 aromatic rings. The van der Waals surface area contributed by atoms with E-state index in [0.717, 1.165) is 27.8 Å². The van der Waals surface area contributed by atoms with Crippen LogP contribution in [0.3, 0.4) is 0 Å². The highest BCUT2D eigenvalue weighted by Gasteiger charge is 2.30. The zero-order chi connectivity index (χ0) is 24.4. The first-order chi connectivity index (χ1) is 17.0. The van der Waals surface area contributed by atoms with Gasteiger partial charge in [0.05, 0.1) is 24.5 Å². The molecule has 0 fully saturated rings. The van der Waals surface area contributed by atoms with Gasteiger partial charge in [-0.25, -0.2) is 0 Å². The molecule has 0 spiro atoms. The highest BCUT2D eigenvalue weighted by Crippen LogP contribution is 2.32. The molecule has 1 aliphatic heterocycles. The largest absolute Gasteiger partial charge is 0.497 e. The molecule has 2 amide bonds. The van der Waals surface area contributed by atoms with E-state index in [9.17, 15) is 9.59 Å². The number of carbonyl (C=O) groups is 2. The van der Waals surface area contributed by atoms with Gasteiger partial charge < -0.3 is 20.4 Å². The lowest BCUT2D eigenvalue weighted by Gasteiger charge is -2.31. The average molecular weight is 469 g/mol. The monoisotopic (exact) mass is 468 g/mol. The molecule has 1 aromatic heterocycles. The molecule has 2 heterocycles. The quantitative estimate of drug-likeness (QED) is 0.378. The third-order valence-electron chi connectivity index (χ3n) is 6.55. The van der Waals surface area contributed by atoms with Gasteiger partial charge in [0.2, 0.25) is 11.8 Å². The number of carbonyl (C=O) groups excluding carboxylic acids is 2. The van der Waals surface area contributed by atoms with Crippen LogP contribution in [0, 0.1) is 0 Å². The SMILES string of the molecule is COc1ccc([C@@H](CN[C@@H](C)C(=O)N2CC(=O)Nc3ccccc32)c2c[nH]c3ccccc23)cc1. The van der Waals surface area contributed by atoms with E-state index < -0.39 is 6.04 Å². The van der Waals surface area contributed by atoms with Gasteiger partial charge in [0, 0.05) is 29.6 Å². The van der Waals surface area contributed by atoms with E-state index in [0.29, 0.717) is 17.9 Å². The van der Waals surface area contributed by atoms with Crippen molar-refractivity contribution in [2.75, 3.05) is 30.4 Å². The van der Waals surface area contributed by atoms with Crippen LogP contribution in [0.4, 0.5) is 11.4 Å². The van der Waals surface area contributed by atoms with Gasteiger partial charge in [-0.2, -0.15) is 0 Å². The molecular formula is C28H28N4O3. The van der Waals surface area contributed by atoms with Gasteiger partial charge >= 0.3 is 0 Å². The molecular weight excluding hydrogens is 440 g/mol. The second-order valence-corrected chi connectivity index (χ2v) is 8.73. The van der Waals surface area contributed by atoms with Gasteiger partial charge in [-0.1, -0.05) is 42.5 Å². The molecule has 1 aliphatic rings. The molecule has 0 radical (unpaired) electrons. The Hall–Kier alpha value is -4.10. The number of para-hydroxylation sites is 3. The minimum absolute atomic E-state index is 0.00393. The van der Waals surface area contributed by atoms with Gasteiger partial charge in [0.25, 0.3) is 0 Å². The highest BCUT2D eigenvalue weighted by atomic mass is 16.5. The Balaban J connectivity index is 1.40. The fraction of sp³-hybridized carbons (Fsp3) is 0.214. The van der Waals surface area contributed by atoms with Crippen LogP contribution in [0.2, 0.25) is 0 Å². The molecule has 0 saturated carbocycles. The number of nitrogens with zero attached hydrogens (tertiary/aromatic N) is 1. The number of methoxy groups -OCH3 is 1. The maximum atomic E-state index is 13.4. The Morgan fingerprint density at radius 1 is 1.06 bits per heavy atom. The van der Waals surface area contributed by atoms with Crippen molar-refractivity contribution in [1.29, 1.82) is 0 Å². The number of benzene rings is 3. The van der Waals surface area contributed by atoms with Gasteiger partial charge in [-0.3, -0.25) is 14.5 Å². The summed E-state index contributed by atoms with van der Waals surface area (Å²) in [6.45, 7) is 2.40. The predicted octanol–water partition coefficient (Wildman–Crippen LogP) is 4.27. The van der Waals surface area contributed by atoms with Crippen molar-refractivity contribution in [2.45, 2.75) is 18.9 Å². The molecule has 0 bridgehead atoms. The summed E-state index contributed by atoms with van der Waals surface area (Å²) in [6.07, 6.45) is 2.04. The van der Waals surface area contributed by atoms with E-state index in [1.54, 1.807) is 12.0 Å². The number of H-pyrrole nitrogens is 1. The summed E-state index contributed by atoms with van der Waals surface area (Å²) in [5.41, 5.74) is 4.71. The third kappa shape index (κ3) is 4.50. The number of hydrogen-bond acceptors (Lipinski definition) is 4. The number of nitrogens with one attached hydrogen (secondary N) is 3. The number of ether oxygens (including phenoxy) is 1. The van der Waals surface area contributed by atoms with Gasteiger partial charge in [-0.05, 0) is 48.4 Å². The Morgan fingerprint density at radius 2 is 1.80 bits per heavy atom. The zero-order valence-corrected chi connectivity index (χ0v) is 19.7. The van der Waals surface area contributed by atoms with Crippen LogP contribution in [0.1, 0.15) is 24.0 Å². The van der Waals surface area contributed by atoms with Crippen LogP contribution in [-0.4, -0.2) is 43.0 Å². The summed E-state index contributed by atoms with van der Waals surface area (Å²) >= 11 is 0. The van der Waals surface area contributed by atoms with Crippen LogP contribution in [0.15, 0.2) is 79.0 Å². The Kier molecular flexibility index (Phi) is 6.25. The normalized spacial score (nSPS) is 14.8. The lowest BCUT2D eigenvalue weighted by Crippen LogP contribution is -2.50. The van der Waals surface area contributed by atoms with Gasteiger partial charge in [0.15, 0.2) is 0 Å². The van der Waals surface area contributed by atoms with Crippen LogP contribution in [0.5, 0.6) is 5.75 Å². The van der Waals surface area contributed by atoms with Crippen molar-refractivity contribution in [3.8, 4) is 5.75 Å².